The molecule has 2 N–H and O–H groups in total. The number of aromatic nitrogens is 1. The van der Waals surface area contributed by atoms with Crippen LogP contribution < -0.4 is 10.6 Å². The fourth-order valence-corrected chi connectivity index (χ4v) is 3.43. The summed E-state index contributed by atoms with van der Waals surface area (Å²) in [4.78, 5) is 6.90. The van der Waals surface area contributed by atoms with E-state index in [1.807, 2.05) is 6.20 Å². The summed E-state index contributed by atoms with van der Waals surface area (Å²) in [6, 6.07) is 2.69. The minimum Gasteiger partial charge on any atom is -0.356 e. The number of halogens is 1. The molecule has 2 rings (SSSR count). The molecular weight excluding hydrogens is 302 g/mol. The molecule has 0 saturated heterocycles. The van der Waals surface area contributed by atoms with Gasteiger partial charge in [0.15, 0.2) is 0 Å². The van der Waals surface area contributed by atoms with Crippen molar-refractivity contribution in [1.82, 2.24) is 4.98 Å². The number of anilines is 1. The molecule has 0 atom stereocenters. The summed E-state index contributed by atoms with van der Waals surface area (Å²) >= 11 is 3.46. The van der Waals surface area contributed by atoms with Crippen LogP contribution in [-0.4, -0.2) is 18.1 Å². The first-order chi connectivity index (χ1) is 9.15. The van der Waals surface area contributed by atoms with Crippen molar-refractivity contribution in [3.63, 3.8) is 0 Å². The van der Waals surface area contributed by atoms with Crippen LogP contribution in [0.1, 0.15) is 44.6 Å². The maximum absolute atomic E-state index is 5.84. The summed E-state index contributed by atoms with van der Waals surface area (Å²) in [6.45, 7) is 2.84. The van der Waals surface area contributed by atoms with Gasteiger partial charge in [0.1, 0.15) is 5.82 Å². The van der Waals surface area contributed by atoms with Crippen LogP contribution in [0.5, 0.6) is 0 Å². The number of nitrogens with two attached hydrogens (primary N) is 1. The van der Waals surface area contributed by atoms with Gasteiger partial charge in [-0.3, -0.25) is 0 Å². The van der Waals surface area contributed by atoms with E-state index in [1.54, 1.807) is 0 Å². The van der Waals surface area contributed by atoms with Crippen LogP contribution in [0.2, 0.25) is 0 Å². The third-order valence-electron chi connectivity index (χ3n) is 4.40. The normalized spacial score (nSPS) is 23.4. The van der Waals surface area contributed by atoms with E-state index in [2.05, 4.69) is 45.9 Å². The zero-order chi connectivity index (χ0) is 13.8. The molecule has 106 valence electrons. The highest BCUT2D eigenvalue weighted by Crippen LogP contribution is 2.32. The number of hydrogen-bond acceptors (Lipinski definition) is 3. The molecule has 4 heteroatoms. The molecule has 0 spiro atoms. The third kappa shape index (κ3) is 3.48. The Labute approximate surface area is 124 Å². The van der Waals surface area contributed by atoms with Crippen molar-refractivity contribution < 1.29 is 0 Å². The van der Waals surface area contributed by atoms with Crippen molar-refractivity contribution >= 4 is 21.7 Å². The lowest BCUT2D eigenvalue weighted by atomic mass is 9.84. The van der Waals surface area contributed by atoms with Gasteiger partial charge in [-0.1, -0.05) is 13.3 Å². The van der Waals surface area contributed by atoms with Crippen molar-refractivity contribution in [2.24, 2.45) is 11.7 Å². The average molecular weight is 326 g/mol. The lowest BCUT2D eigenvalue weighted by Crippen LogP contribution is -2.36. The van der Waals surface area contributed by atoms with Gasteiger partial charge >= 0.3 is 0 Å². The van der Waals surface area contributed by atoms with E-state index >= 15 is 0 Å². The molecule has 0 bridgehead atoms. The fourth-order valence-electron chi connectivity index (χ4n) is 3.06. The van der Waals surface area contributed by atoms with Gasteiger partial charge in [-0.15, -0.1) is 0 Å². The van der Waals surface area contributed by atoms with Crippen molar-refractivity contribution in [3.05, 3.63) is 22.3 Å². The van der Waals surface area contributed by atoms with Gasteiger partial charge in [0.05, 0.1) is 0 Å². The molecule has 0 unspecified atom stereocenters. The van der Waals surface area contributed by atoms with Crippen LogP contribution in [0.4, 0.5) is 5.82 Å². The molecule has 0 amide bonds. The fraction of sp³-hybridized carbons (Fsp3) is 0.667. The first kappa shape index (κ1) is 14.8. The summed E-state index contributed by atoms with van der Waals surface area (Å²) in [6.07, 6.45) is 8.43. The molecule has 3 nitrogen and oxygen atoms in total. The van der Waals surface area contributed by atoms with E-state index in [4.69, 9.17) is 5.73 Å². The Morgan fingerprint density at radius 1 is 1.37 bits per heavy atom. The Hall–Kier alpha value is -0.610. The van der Waals surface area contributed by atoms with Crippen LogP contribution in [0.15, 0.2) is 16.7 Å². The van der Waals surface area contributed by atoms with E-state index in [-0.39, 0.29) is 0 Å². The molecule has 1 aromatic rings. The summed E-state index contributed by atoms with van der Waals surface area (Å²) < 4.78 is 1.000. The van der Waals surface area contributed by atoms with Gasteiger partial charge in [-0.25, -0.2) is 4.98 Å². The topological polar surface area (TPSA) is 42.2 Å². The maximum atomic E-state index is 5.84. The van der Waals surface area contributed by atoms with Crippen LogP contribution in [0.3, 0.4) is 0 Å². The van der Waals surface area contributed by atoms with E-state index in [9.17, 15) is 0 Å². The Bertz CT molecular complexity index is 414. The molecule has 1 heterocycles. The molecule has 19 heavy (non-hydrogen) atoms. The number of nitrogens with zero attached hydrogens (tertiary/aromatic N) is 2. The summed E-state index contributed by atoms with van der Waals surface area (Å²) in [5.74, 6) is 1.97. The predicted molar refractivity (Wildman–Crippen MR) is 84.3 cm³/mol. The highest BCUT2D eigenvalue weighted by Gasteiger charge is 2.24. The standard InChI is InChI=1S/C15H24BrN3/c1-3-11-4-6-14(7-5-11)19(2)15-12(9-17)8-13(16)10-18-15/h8,10-11,14H,3-7,9,17H2,1-2H3. The maximum Gasteiger partial charge on any atom is 0.133 e. The largest absolute Gasteiger partial charge is 0.356 e. The summed E-state index contributed by atoms with van der Waals surface area (Å²) in [5, 5.41) is 0. The molecule has 1 saturated carbocycles. The number of rotatable bonds is 4. The van der Waals surface area contributed by atoms with E-state index in [1.165, 1.54) is 32.1 Å². The van der Waals surface area contributed by atoms with Gasteiger partial charge in [-0.2, -0.15) is 0 Å². The SMILES string of the molecule is CCC1CCC(N(C)c2ncc(Br)cc2CN)CC1. The molecule has 1 aliphatic carbocycles. The monoisotopic (exact) mass is 325 g/mol. The zero-order valence-corrected chi connectivity index (χ0v) is 13.5. The molecule has 1 aliphatic rings. The zero-order valence-electron chi connectivity index (χ0n) is 11.9. The second-order valence-corrected chi connectivity index (χ2v) is 6.45. The lowest BCUT2D eigenvalue weighted by molar-refractivity contribution is 0.312. The Morgan fingerprint density at radius 2 is 2.05 bits per heavy atom. The van der Waals surface area contributed by atoms with Crippen molar-refractivity contribution in [1.29, 1.82) is 0 Å². The number of hydrogen-bond donors (Lipinski definition) is 1. The number of pyridine rings is 1. The second-order valence-electron chi connectivity index (χ2n) is 5.53. The van der Waals surface area contributed by atoms with E-state index in [0.717, 1.165) is 21.8 Å². The Morgan fingerprint density at radius 3 is 2.63 bits per heavy atom. The van der Waals surface area contributed by atoms with E-state index in [0.29, 0.717) is 12.6 Å². The Balaban J connectivity index is 2.09. The first-order valence-electron chi connectivity index (χ1n) is 7.23. The summed E-state index contributed by atoms with van der Waals surface area (Å²) in [7, 11) is 2.16. The van der Waals surface area contributed by atoms with Gasteiger partial charge in [0.2, 0.25) is 0 Å². The average Bonchev–Trinajstić information content (AvgIpc) is 2.46. The first-order valence-corrected chi connectivity index (χ1v) is 8.02. The van der Waals surface area contributed by atoms with Gasteiger partial charge in [-0.05, 0) is 53.6 Å². The molecule has 1 fully saturated rings. The van der Waals surface area contributed by atoms with Crippen molar-refractivity contribution in [2.75, 3.05) is 11.9 Å². The van der Waals surface area contributed by atoms with Crippen molar-refractivity contribution in [2.45, 2.75) is 51.6 Å². The van der Waals surface area contributed by atoms with Crippen LogP contribution >= 0.6 is 15.9 Å². The minimum absolute atomic E-state index is 0.538. The molecule has 0 aliphatic heterocycles. The van der Waals surface area contributed by atoms with Crippen molar-refractivity contribution in [3.8, 4) is 0 Å². The smallest absolute Gasteiger partial charge is 0.133 e. The van der Waals surface area contributed by atoms with Crippen LogP contribution in [0, 0.1) is 5.92 Å². The van der Waals surface area contributed by atoms with Crippen LogP contribution in [0.25, 0.3) is 0 Å². The molecule has 0 radical (unpaired) electrons. The molecule has 0 aromatic carbocycles. The molecule has 1 aromatic heterocycles. The quantitative estimate of drug-likeness (QED) is 0.917. The second kappa shape index (κ2) is 6.71. The highest BCUT2D eigenvalue weighted by atomic mass is 79.9. The van der Waals surface area contributed by atoms with Gasteiger partial charge in [0, 0.05) is 35.9 Å². The lowest BCUT2D eigenvalue weighted by Gasteiger charge is -2.36. The van der Waals surface area contributed by atoms with E-state index < -0.39 is 0 Å². The molecular formula is C15H24BrN3. The predicted octanol–water partition coefficient (Wildman–Crippen LogP) is 3.71. The van der Waals surface area contributed by atoms with Gasteiger partial charge < -0.3 is 10.6 Å². The van der Waals surface area contributed by atoms with Crippen LogP contribution in [-0.2, 0) is 6.54 Å². The third-order valence-corrected chi connectivity index (χ3v) is 4.84. The highest BCUT2D eigenvalue weighted by molar-refractivity contribution is 9.10. The summed E-state index contributed by atoms with van der Waals surface area (Å²) in [5.41, 5.74) is 6.96. The Kier molecular flexibility index (Phi) is 5.22. The van der Waals surface area contributed by atoms with Gasteiger partial charge in [0.25, 0.3) is 0 Å². The minimum atomic E-state index is 0.538.